The molecule has 3 heterocycles. The van der Waals surface area contributed by atoms with Gasteiger partial charge >= 0.3 is 0 Å². The highest BCUT2D eigenvalue weighted by molar-refractivity contribution is 7.08. The first-order valence-corrected chi connectivity index (χ1v) is 9.55. The van der Waals surface area contributed by atoms with Gasteiger partial charge in [0.15, 0.2) is 0 Å². The first-order valence-electron chi connectivity index (χ1n) is 8.61. The van der Waals surface area contributed by atoms with Crippen LogP contribution in [-0.4, -0.2) is 38.2 Å². The number of hydrogen-bond acceptors (Lipinski definition) is 6. The van der Waals surface area contributed by atoms with Crippen molar-refractivity contribution >= 4 is 22.9 Å². The van der Waals surface area contributed by atoms with Gasteiger partial charge in [-0.2, -0.15) is 16.6 Å². The molecule has 0 fully saturated rings. The van der Waals surface area contributed by atoms with E-state index < -0.39 is 0 Å². The van der Waals surface area contributed by atoms with Crippen LogP contribution in [0, 0.1) is 0 Å². The predicted molar refractivity (Wildman–Crippen MR) is 106 cm³/mol. The Morgan fingerprint density at radius 1 is 1.32 bits per heavy atom. The average molecular weight is 394 g/mol. The summed E-state index contributed by atoms with van der Waals surface area (Å²) in [7, 11) is 1.57. The molecule has 0 aliphatic carbocycles. The summed E-state index contributed by atoms with van der Waals surface area (Å²) in [4.78, 5) is 12.8. The molecule has 0 aliphatic rings. The fraction of sp³-hybridized carbons (Fsp3) is 0.158. The number of nitrogens with zero attached hydrogens (tertiary/aromatic N) is 4. The lowest BCUT2D eigenvalue weighted by molar-refractivity contribution is -0.116. The Labute approximate surface area is 165 Å². The zero-order chi connectivity index (χ0) is 19.3. The van der Waals surface area contributed by atoms with Gasteiger partial charge in [0.2, 0.25) is 11.7 Å². The number of methoxy groups -OCH3 is 1. The Kier molecular flexibility index (Phi) is 5.16. The molecule has 0 saturated heterocycles. The minimum absolute atomic E-state index is 0.0591. The summed E-state index contributed by atoms with van der Waals surface area (Å²) < 4.78 is 7.40. The van der Waals surface area contributed by atoms with E-state index >= 15 is 0 Å². The molecule has 1 atom stereocenters. The molecule has 0 aliphatic heterocycles. The maximum atomic E-state index is 12.8. The molecule has 8 nitrogen and oxygen atoms in total. The van der Waals surface area contributed by atoms with E-state index in [1.807, 2.05) is 40.5 Å². The predicted octanol–water partition coefficient (Wildman–Crippen LogP) is 3.36. The average Bonchev–Trinajstić information content (AvgIpc) is 3.49. The number of aromatic amines is 1. The number of H-pyrrole nitrogens is 1. The second kappa shape index (κ2) is 8.05. The number of hydrogen-bond donors (Lipinski definition) is 2. The van der Waals surface area contributed by atoms with Crippen LogP contribution in [0.3, 0.4) is 0 Å². The summed E-state index contributed by atoms with van der Waals surface area (Å²) in [6.07, 6.45) is 4.25. The zero-order valence-electron chi connectivity index (χ0n) is 15.1. The van der Waals surface area contributed by atoms with E-state index in [4.69, 9.17) is 4.74 Å². The number of nitrogens with one attached hydrogen (secondary N) is 2. The van der Waals surface area contributed by atoms with Gasteiger partial charge < -0.3 is 14.6 Å². The van der Waals surface area contributed by atoms with Crippen molar-refractivity contribution < 1.29 is 9.53 Å². The minimum Gasteiger partial charge on any atom is -0.496 e. The molecule has 28 heavy (non-hydrogen) atoms. The van der Waals surface area contributed by atoms with Gasteiger partial charge in [-0.25, -0.2) is 0 Å². The lowest BCUT2D eigenvalue weighted by atomic mass is 10.1. The molecule has 0 spiro atoms. The summed E-state index contributed by atoms with van der Waals surface area (Å²) in [5, 5.41) is 21.0. The van der Waals surface area contributed by atoms with E-state index in [1.54, 1.807) is 36.6 Å². The number of amides is 1. The van der Waals surface area contributed by atoms with Gasteiger partial charge in [0.25, 0.3) is 0 Å². The lowest BCUT2D eigenvalue weighted by Gasteiger charge is -2.18. The van der Waals surface area contributed by atoms with Gasteiger partial charge in [-0.05, 0) is 57.9 Å². The van der Waals surface area contributed by atoms with E-state index in [1.165, 1.54) is 0 Å². The number of rotatable bonds is 7. The normalized spacial score (nSPS) is 11.9. The number of ether oxygens (including phenoxy) is 1. The first-order chi connectivity index (χ1) is 13.7. The third kappa shape index (κ3) is 3.79. The summed E-state index contributed by atoms with van der Waals surface area (Å²) >= 11 is 1.62. The number of carbonyl (C=O) groups excluding carboxylic acids is 1. The highest BCUT2D eigenvalue weighted by Gasteiger charge is 2.19. The van der Waals surface area contributed by atoms with Crippen LogP contribution >= 0.6 is 11.3 Å². The number of anilines is 1. The van der Waals surface area contributed by atoms with E-state index in [-0.39, 0.29) is 11.9 Å². The van der Waals surface area contributed by atoms with Crippen molar-refractivity contribution in [2.45, 2.75) is 12.5 Å². The van der Waals surface area contributed by atoms with Crippen LogP contribution in [0.25, 0.3) is 11.4 Å². The lowest BCUT2D eigenvalue weighted by Crippen LogP contribution is -2.19. The Hall–Kier alpha value is -3.46. The molecule has 0 bridgehead atoms. The third-order valence-corrected chi connectivity index (χ3v) is 5.07. The molecular weight excluding hydrogens is 376 g/mol. The van der Waals surface area contributed by atoms with E-state index in [9.17, 15) is 4.79 Å². The van der Waals surface area contributed by atoms with Crippen molar-refractivity contribution in [2.24, 2.45) is 0 Å². The van der Waals surface area contributed by atoms with E-state index in [2.05, 4.69) is 31.3 Å². The largest absolute Gasteiger partial charge is 0.496 e. The van der Waals surface area contributed by atoms with Gasteiger partial charge in [-0.1, -0.05) is 0 Å². The second-order valence-corrected chi connectivity index (χ2v) is 6.89. The molecule has 0 unspecified atom stereocenters. The maximum absolute atomic E-state index is 12.8. The van der Waals surface area contributed by atoms with Crippen LogP contribution in [0.15, 0.2) is 59.6 Å². The van der Waals surface area contributed by atoms with Crippen LogP contribution in [0.5, 0.6) is 5.75 Å². The fourth-order valence-corrected chi connectivity index (χ4v) is 3.75. The molecule has 142 valence electrons. The van der Waals surface area contributed by atoms with Crippen molar-refractivity contribution in [3.05, 3.63) is 65.1 Å². The first kappa shape index (κ1) is 17.9. The summed E-state index contributed by atoms with van der Waals surface area (Å²) in [6.45, 7) is 0. The molecule has 0 radical (unpaired) electrons. The summed E-state index contributed by atoms with van der Waals surface area (Å²) in [5.74, 6) is 0.911. The van der Waals surface area contributed by atoms with Crippen LogP contribution in [0.2, 0.25) is 0 Å². The topological polar surface area (TPSA) is 97.7 Å². The highest BCUT2D eigenvalue weighted by atomic mass is 32.1. The van der Waals surface area contributed by atoms with Crippen molar-refractivity contribution in [2.75, 3.05) is 12.4 Å². The maximum Gasteiger partial charge on any atom is 0.226 e. The Balaban J connectivity index is 1.54. The Morgan fingerprint density at radius 3 is 2.86 bits per heavy atom. The van der Waals surface area contributed by atoms with E-state index in [0.717, 1.165) is 5.56 Å². The SMILES string of the molecule is COc1ccc(NC(=O)C[C@H](c2ccsc2)n2cccc2)cc1-c1nn[nH]n1. The quantitative estimate of drug-likeness (QED) is 0.501. The van der Waals surface area contributed by atoms with Crippen LogP contribution < -0.4 is 10.1 Å². The van der Waals surface area contributed by atoms with Crippen molar-refractivity contribution in [3.63, 3.8) is 0 Å². The summed E-state index contributed by atoms with van der Waals surface area (Å²) in [6, 6.07) is 11.2. The van der Waals surface area contributed by atoms with Crippen LogP contribution in [-0.2, 0) is 4.79 Å². The monoisotopic (exact) mass is 394 g/mol. The van der Waals surface area contributed by atoms with Gasteiger partial charge in [0.1, 0.15) is 5.75 Å². The Bertz CT molecular complexity index is 995. The van der Waals surface area contributed by atoms with E-state index in [0.29, 0.717) is 29.2 Å². The number of benzene rings is 1. The smallest absolute Gasteiger partial charge is 0.226 e. The fourth-order valence-electron chi connectivity index (χ4n) is 3.04. The van der Waals surface area contributed by atoms with Crippen molar-refractivity contribution in [3.8, 4) is 17.1 Å². The zero-order valence-corrected chi connectivity index (χ0v) is 15.9. The number of tetrazole rings is 1. The molecule has 4 aromatic rings. The number of thiophene rings is 1. The molecule has 4 rings (SSSR count). The molecule has 2 N–H and O–H groups in total. The molecule has 1 aromatic carbocycles. The third-order valence-electron chi connectivity index (χ3n) is 4.36. The van der Waals surface area contributed by atoms with Crippen LogP contribution in [0.1, 0.15) is 18.0 Å². The molecule has 3 aromatic heterocycles. The van der Waals surface area contributed by atoms with Crippen LogP contribution in [0.4, 0.5) is 5.69 Å². The number of carbonyl (C=O) groups is 1. The van der Waals surface area contributed by atoms with Gasteiger partial charge in [-0.15, -0.1) is 10.2 Å². The van der Waals surface area contributed by atoms with Gasteiger partial charge in [0.05, 0.1) is 25.1 Å². The minimum atomic E-state index is -0.0888. The molecule has 1 amide bonds. The summed E-state index contributed by atoms with van der Waals surface area (Å²) in [5.41, 5.74) is 2.40. The second-order valence-electron chi connectivity index (χ2n) is 6.11. The van der Waals surface area contributed by atoms with Gasteiger partial charge in [-0.3, -0.25) is 4.79 Å². The highest BCUT2D eigenvalue weighted by Crippen LogP contribution is 2.30. The standard InChI is InChI=1S/C19H18N6O2S/c1-27-17-5-4-14(10-15(17)19-21-23-24-22-19)20-18(26)11-16(13-6-9-28-12-13)25-7-2-3-8-25/h2-10,12,16H,11H2,1H3,(H,20,26)(H,21,22,23,24)/t16-/m1/s1. The van der Waals surface area contributed by atoms with Crippen molar-refractivity contribution in [1.82, 2.24) is 25.2 Å². The molecule has 0 saturated carbocycles. The molecule has 9 heteroatoms. The van der Waals surface area contributed by atoms with Crippen molar-refractivity contribution in [1.29, 1.82) is 0 Å². The Morgan fingerprint density at radius 2 is 2.18 bits per heavy atom. The van der Waals surface area contributed by atoms with Gasteiger partial charge in [0, 0.05) is 18.1 Å². The molecular formula is C19H18N6O2S. The number of aromatic nitrogens is 5.